The Bertz CT molecular complexity index is 313. The maximum atomic E-state index is 11.4. The molecule has 17 heavy (non-hydrogen) atoms. The Kier molecular flexibility index (Phi) is 2.89. The van der Waals surface area contributed by atoms with Crippen LogP contribution in [0.4, 0.5) is 0 Å². The van der Waals surface area contributed by atoms with Gasteiger partial charge < -0.3 is 10.4 Å². The molecule has 0 aromatic carbocycles. The lowest BCUT2D eigenvalue weighted by Crippen LogP contribution is -2.49. The predicted molar refractivity (Wildman–Crippen MR) is 65.7 cm³/mol. The lowest BCUT2D eigenvalue weighted by molar-refractivity contribution is -0.144. The van der Waals surface area contributed by atoms with Crippen molar-refractivity contribution in [2.45, 2.75) is 57.5 Å². The molecular weight excluding hydrogens is 214 g/mol. The molecule has 0 radical (unpaired) electrons. The standard InChI is InChI=1S/C14H23NO2/c1-2-11(8-3-4-8)15-13-10-6-5-9(7-10)12(13)14(16)17/h8-13,15H,2-7H2,1H3,(H,16,17). The van der Waals surface area contributed by atoms with Gasteiger partial charge in [-0.25, -0.2) is 0 Å². The lowest BCUT2D eigenvalue weighted by Gasteiger charge is -2.32. The van der Waals surface area contributed by atoms with Gasteiger partial charge in [0, 0.05) is 12.1 Å². The van der Waals surface area contributed by atoms with Crippen LogP contribution in [0, 0.1) is 23.7 Å². The van der Waals surface area contributed by atoms with E-state index in [0.29, 0.717) is 17.9 Å². The first-order chi connectivity index (χ1) is 8.20. The smallest absolute Gasteiger partial charge is 0.308 e. The van der Waals surface area contributed by atoms with E-state index >= 15 is 0 Å². The lowest BCUT2D eigenvalue weighted by atomic mass is 9.83. The average molecular weight is 237 g/mol. The van der Waals surface area contributed by atoms with Crippen LogP contribution in [0.25, 0.3) is 0 Å². The van der Waals surface area contributed by atoms with Gasteiger partial charge in [0.15, 0.2) is 0 Å². The number of nitrogens with one attached hydrogen (secondary N) is 1. The zero-order valence-corrected chi connectivity index (χ0v) is 10.6. The number of rotatable bonds is 5. The Labute approximate surface area is 103 Å². The molecule has 2 bridgehead atoms. The molecule has 3 aliphatic rings. The van der Waals surface area contributed by atoms with Crippen molar-refractivity contribution in [3.8, 4) is 0 Å². The Morgan fingerprint density at radius 3 is 2.59 bits per heavy atom. The fourth-order valence-electron chi connectivity index (χ4n) is 4.22. The summed E-state index contributed by atoms with van der Waals surface area (Å²) in [5.41, 5.74) is 0. The van der Waals surface area contributed by atoms with E-state index in [1.54, 1.807) is 0 Å². The number of carbonyl (C=O) groups is 1. The Morgan fingerprint density at radius 2 is 2.00 bits per heavy atom. The molecule has 3 heteroatoms. The molecule has 2 N–H and O–H groups in total. The fourth-order valence-corrected chi connectivity index (χ4v) is 4.22. The van der Waals surface area contributed by atoms with Crippen molar-refractivity contribution in [3.05, 3.63) is 0 Å². The first kappa shape index (κ1) is 11.5. The van der Waals surface area contributed by atoms with E-state index in [1.807, 2.05) is 0 Å². The minimum atomic E-state index is -0.569. The van der Waals surface area contributed by atoms with Crippen molar-refractivity contribution in [2.75, 3.05) is 0 Å². The van der Waals surface area contributed by atoms with E-state index in [4.69, 9.17) is 0 Å². The van der Waals surface area contributed by atoms with Crippen LogP contribution in [0.5, 0.6) is 0 Å². The number of hydrogen-bond acceptors (Lipinski definition) is 2. The molecule has 3 nitrogen and oxygen atoms in total. The number of fused-ring (bicyclic) bond motifs is 2. The monoisotopic (exact) mass is 237 g/mol. The van der Waals surface area contributed by atoms with Crippen molar-refractivity contribution in [1.29, 1.82) is 0 Å². The summed E-state index contributed by atoms with van der Waals surface area (Å²) in [5, 5.41) is 13.1. The largest absolute Gasteiger partial charge is 0.481 e. The highest BCUT2D eigenvalue weighted by molar-refractivity contribution is 5.72. The van der Waals surface area contributed by atoms with Crippen molar-refractivity contribution >= 4 is 5.97 Å². The first-order valence-electron chi connectivity index (χ1n) is 7.19. The summed E-state index contributed by atoms with van der Waals surface area (Å²) in [6.45, 7) is 2.22. The summed E-state index contributed by atoms with van der Waals surface area (Å²) >= 11 is 0. The van der Waals surface area contributed by atoms with Crippen LogP contribution < -0.4 is 5.32 Å². The zero-order chi connectivity index (χ0) is 12.0. The van der Waals surface area contributed by atoms with Gasteiger partial charge in [0.05, 0.1) is 5.92 Å². The quantitative estimate of drug-likeness (QED) is 0.771. The van der Waals surface area contributed by atoms with Crippen molar-refractivity contribution < 1.29 is 9.90 Å². The van der Waals surface area contributed by atoms with Gasteiger partial charge >= 0.3 is 5.97 Å². The van der Waals surface area contributed by atoms with Crippen LogP contribution in [0.15, 0.2) is 0 Å². The highest BCUT2D eigenvalue weighted by Crippen LogP contribution is 2.49. The van der Waals surface area contributed by atoms with Crippen LogP contribution in [0.1, 0.15) is 45.4 Å². The molecule has 5 atom stereocenters. The molecule has 3 fully saturated rings. The van der Waals surface area contributed by atoms with E-state index in [1.165, 1.54) is 19.3 Å². The van der Waals surface area contributed by atoms with E-state index in [0.717, 1.165) is 25.2 Å². The van der Waals surface area contributed by atoms with Crippen molar-refractivity contribution in [2.24, 2.45) is 23.7 Å². The Morgan fingerprint density at radius 1 is 1.29 bits per heavy atom. The number of hydrogen-bond donors (Lipinski definition) is 2. The normalized spacial score (nSPS) is 41.7. The van der Waals surface area contributed by atoms with Crippen molar-refractivity contribution in [1.82, 2.24) is 5.32 Å². The van der Waals surface area contributed by atoms with Gasteiger partial charge in [-0.1, -0.05) is 6.92 Å². The third kappa shape index (κ3) is 1.99. The van der Waals surface area contributed by atoms with Crippen molar-refractivity contribution in [3.63, 3.8) is 0 Å². The molecule has 0 aromatic rings. The Balaban J connectivity index is 1.69. The topological polar surface area (TPSA) is 49.3 Å². The molecule has 0 spiro atoms. The second kappa shape index (κ2) is 4.27. The Hall–Kier alpha value is -0.570. The highest BCUT2D eigenvalue weighted by atomic mass is 16.4. The molecule has 3 saturated carbocycles. The van der Waals surface area contributed by atoms with E-state index in [2.05, 4.69) is 12.2 Å². The summed E-state index contributed by atoms with van der Waals surface area (Å²) in [6.07, 6.45) is 7.35. The number of aliphatic carboxylic acids is 1. The number of carboxylic acids is 1. The van der Waals surface area contributed by atoms with Gasteiger partial charge in [0.2, 0.25) is 0 Å². The number of carboxylic acid groups (broad SMARTS) is 1. The van der Waals surface area contributed by atoms with E-state index < -0.39 is 5.97 Å². The molecule has 0 saturated heterocycles. The maximum absolute atomic E-state index is 11.4. The predicted octanol–water partition coefficient (Wildman–Crippen LogP) is 2.26. The maximum Gasteiger partial charge on any atom is 0.308 e. The molecule has 0 aromatic heterocycles. The first-order valence-corrected chi connectivity index (χ1v) is 7.19. The molecule has 0 heterocycles. The van der Waals surface area contributed by atoms with Gasteiger partial charge in [-0.05, 0) is 56.3 Å². The summed E-state index contributed by atoms with van der Waals surface area (Å²) in [6, 6.07) is 0.831. The molecule has 0 amide bonds. The van der Waals surface area contributed by atoms with Crippen LogP contribution in [0.2, 0.25) is 0 Å². The second-order valence-electron chi connectivity index (χ2n) is 6.24. The van der Waals surface area contributed by atoms with E-state index in [9.17, 15) is 9.90 Å². The SMILES string of the molecule is CCC(NC1C2CCC(C2)C1C(=O)O)C1CC1. The summed E-state index contributed by atoms with van der Waals surface area (Å²) in [4.78, 5) is 11.4. The molecule has 0 aliphatic heterocycles. The molecule has 5 unspecified atom stereocenters. The third-order valence-electron chi connectivity index (χ3n) is 5.24. The van der Waals surface area contributed by atoms with Crippen LogP contribution in [0.3, 0.4) is 0 Å². The second-order valence-corrected chi connectivity index (χ2v) is 6.24. The van der Waals surface area contributed by atoms with Gasteiger partial charge in [-0.2, -0.15) is 0 Å². The summed E-state index contributed by atoms with van der Waals surface area (Å²) < 4.78 is 0. The average Bonchev–Trinajstić information content (AvgIpc) is 2.95. The molecule has 3 rings (SSSR count). The molecule has 3 aliphatic carbocycles. The van der Waals surface area contributed by atoms with Gasteiger partial charge in [-0.3, -0.25) is 4.79 Å². The minimum Gasteiger partial charge on any atom is -0.481 e. The zero-order valence-electron chi connectivity index (χ0n) is 10.6. The van der Waals surface area contributed by atoms with Crippen LogP contribution >= 0.6 is 0 Å². The minimum absolute atomic E-state index is 0.110. The van der Waals surface area contributed by atoms with Gasteiger partial charge in [0.25, 0.3) is 0 Å². The highest BCUT2D eigenvalue weighted by Gasteiger charge is 2.51. The third-order valence-corrected chi connectivity index (χ3v) is 5.24. The van der Waals surface area contributed by atoms with Gasteiger partial charge in [0.1, 0.15) is 0 Å². The van der Waals surface area contributed by atoms with Crippen LogP contribution in [-0.2, 0) is 4.79 Å². The molecule has 96 valence electrons. The fraction of sp³-hybridized carbons (Fsp3) is 0.929. The van der Waals surface area contributed by atoms with Crippen LogP contribution in [-0.4, -0.2) is 23.2 Å². The molecular formula is C14H23NO2. The van der Waals surface area contributed by atoms with Gasteiger partial charge in [-0.15, -0.1) is 0 Å². The van der Waals surface area contributed by atoms with E-state index in [-0.39, 0.29) is 12.0 Å². The summed E-state index contributed by atoms with van der Waals surface area (Å²) in [5.74, 6) is 1.23. The summed E-state index contributed by atoms with van der Waals surface area (Å²) in [7, 11) is 0.